The molecule has 0 aromatic rings. The van der Waals surface area contributed by atoms with E-state index in [0.29, 0.717) is 12.5 Å². The van der Waals surface area contributed by atoms with E-state index in [1.807, 2.05) is 0 Å². The van der Waals surface area contributed by atoms with Crippen molar-refractivity contribution in [1.29, 1.82) is 5.26 Å². The molecule has 0 atom stereocenters. The number of hydrogen-bond donors (Lipinski definition) is 0. The summed E-state index contributed by atoms with van der Waals surface area (Å²) in [6.07, 6.45) is 3.44. The van der Waals surface area contributed by atoms with Gasteiger partial charge in [0.2, 0.25) is 10.0 Å². The van der Waals surface area contributed by atoms with Crippen molar-refractivity contribution in [2.75, 3.05) is 19.3 Å². The molecule has 0 aromatic carbocycles. The van der Waals surface area contributed by atoms with Crippen molar-refractivity contribution in [2.24, 2.45) is 5.92 Å². The molecule has 1 aliphatic carbocycles. The molecule has 0 aromatic heterocycles. The molecule has 0 radical (unpaired) electrons. The number of nitriles is 1. The highest BCUT2D eigenvalue weighted by molar-refractivity contribution is 7.89. The topological polar surface area (TPSA) is 61.2 Å². The molecule has 0 N–H and O–H groups in total. The summed E-state index contributed by atoms with van der Waals surface area (Å²) in [7, 11) is -1.76. The van der Waals surface area contributed by atoms with Gasteiger partial charge < -0.3 is 0 Å². The highest BCUT2D eigenvalue weighted by Crippen LogP contribution is 2.27. The van der Waals surface area contributed by atoms with Crippen LogP contribution in [0.4, 0.5) is 0 Å². The van der Waals surface area contributed by atoms with Gasteiger partial charge in [0, 0.05) is 13.6 Å². The third-order valence-corrected chi connectivity index (χ3v) is 4.05. The highest BCUT2D eigenvalue weighted by Gasteiger charge is 2.24. The Morgan fingerprint density at radius 1 is 1.54 bits per heavy atom. The molecule has 1 fully saturated rings. The number of sulfonamides is 1. The Balaban J connectivity index is 2.46. The molecule has 0 unspecified atom stereocenters. The van der Waals surface area contributed by atoms with Crippen molar-refractivity contribution in [3.8, 4) is 6.07 Å². The molecule has 5 heteroatoms. The predicted molar refractivity (Wildman–Crippen MR) is 49.4 cm³/mol. The molecule has 0 spiro atoms. The molecule has 0 saturated heterocycles. The van der Waals surface area contributed by atoms with E-state index in [0.717, 1.165) is 12.8 Å². The number of nitrogens with zero attached hydrogens (tertiary/aromatic N) is 2. The highest BCUT2D eigenvalue weighted by atomic mass is 32.2. The first-order chi connectivity index (χ1) is 6.06. The van der Waals surface area contributed by atoms with Gasteiger partial charge in [0.25, 0.3) is 0 Å². The molecule has 4 nitrogen and oxygen atoms in total. The average Bonchev–Trinajstić information content (AvgIpc) is 1.96. The van der Waals surface area contributed by atoms with E-state index >= 15 is 0 Å². The van der Waals surface area contributed by atoms with E-state index in [4.69, 9.17) is 5.26 Å². The number of rotatable bonds is 4. The van der Waals surface area contributed by atoms with Crippen molar-refractivity contribution in [3.63, 3.8) is 0 Å². The minimum atomic E-state index is -3.31. The molecule has 1 rings (SSSR count). The average molecular weight is 202 g/mol. The first kappa shape index (κ1) is 10.5. The van der Waals surface area contributed by atoms with Crippen molar-refractivity contribution in [3.05, 3.63) is 0 Å². The van der Waals surface area contributed by atoms with Gasteiger partial charge in [0.05, 0.1) is 6.07 Å². The van der Waals surface area contributed by atoms with Gasteiger partial charge in [-0.05, 0) is 18.8 Å². The lowest BCUT2D eigenvalue weighted by Crippen LogP contribution is -2.35. The second-order valence-corrected chi connectivity index (χ2v) is 5.57. The van der Waals surface area contributed by atoms with Crippen LogP contribution < -0.4 is 0 Å². The molecule has 0 bridgehead atoms. The van der Waals surface area contributed by atoms with E-state index in [9.17, 15) is 8.42 Å². The zero-order chi connectivity index (χ0) is 9.90. The summed E-state index contributed by atoms with van der Waals surface area (Å²) in [5.41, 5.74) is 0. The Hall–Kier alpha value is -0.600. The van der Waals surface area contributed by atoms with Gasteiger partial charge in [0.1, 0.15) is 0 Å². The zero-order valence-electron chi connectivity index (χ0n) is 7.73. The summed E-state index contributed by atoms with van der Waals surface area (Å²) in [4.78, 5) is 0. The van der Waals surface area contributed by atoms with Crippen LogP contribution in [-0.2, 0) is 10.0 Å². The maximum absolute atomic E-state index is 11.3. The smallest absolute Gasteiger partial charge is 0.211 e. The van der Waals surface area contributed by atoms with Crippen molar-refractivity contribution < 1.29 is 8.42 Å². The fourth-order valence-electron chi connectivity index (χ4n) is 1.34. The molecule has 0 heterocycles. The zero-order valence-corrected chi connectivity index (χ0v) is 8.55. The van der Waals surface area contributed by atoms with E-state index in [1.165, 1.54) is 10.7 Å². The van der Waals surface area contributed by atoms with Crippen molar-refractivity contribution in [1.82, 2.24) is 4.31 Å². The largest absolute Gasteiger partial charge is 0.227 e. The van der Waals surface area contributed by atoms with Gasteiger partial charge in [-0.2, -0.15) is 5.26 Å². The molecule has 1 aliphatic rings. The molecule has 0 aliphatic heterocycles. The first-order valence-electron chi connectivity index (χ1n) is 4.37. The summed E-state index contributed by atoms with van der Waals surface area (Å²) >= 11 is 0. The molecule has 74 valence electrons. The third-order valence-electron chi connectivity index (χ3n) is 2.46. The quantitative estimate of drug-likeness (QED) is 0.669. The summed E-state index contributed by atoms with van der Waals surface area (Å²) in [5, 5.41) is 8.30. The Kier molecular flexibility index (Phi) is 3.28. The summed E-state index contributed by atoms with van der Waals surface area (Å²) < 4.78 is 23.9. The Morgan fingerprint density at radius 2 is 2.15 bits per heavy atom. The van der Waals surface area contributed by atoms with E-state index < -0.39 is 15.8 Å². The standard InChI is InChI=1S/C8H14N2O2S/c1-10(7-8-3-2-4-8)13(11,12)6-5-9/h8H,2-4,6-7H2,1H3. The van der Waals surface area contributed by atoms with Crippen LogP contribution in [0.3, 0.4) is 0 Å². The lowest BCUT2D eigenvalue weighted by molar-refractivity contribution is 0.263. The second kappa shape index (κ2) is 4.07. The third kappa shape index (κ3) is 2.68. The number of hydrogen-bond acceptors (Lipinski definition) is 3. The van der Waals surface area contributed by atoms with Crippen LogP contribution in [0.15, 0.2) is 0 Å². The SMILES string of the molecule is CN(CC1CCC1)S(=O)(=O)CC#N. The minimum absolute atomic E-state index is 0.407. The molecular formula is C8H14N2O2S. The van der Waals surface area contributed by atoms with Gasteiger partial charge >= 0.3 is 0 Å². The van der Waals surface area contributed by atoms with Crippen LogP contribution >= 0.6 is 0 Å². The lowest BCUT2D eigenvalue weighted by Gasteiger charge is -2.29. The van der Waals surface area contributed by atoms with Gasteiger partial charge in [-0.15, -0.1) is 0 Å². The fraction of sp³-hybridized carbons (Fsp3) is 0.875. The van der Waals surface area contributed by atoms with Crippen LogP contribution in [-0.4, -0.2) is 32.1 Å². The van der Waals surface area contributed by atoms with Gasteiger partial charge in [-0.1, -0.05) is 6.42 Å². The Labute approximate surface area is 79.2 Å². The summed E-state index contributed by atoms with van der Waals surface area (Å²) in [5.74, 6) is 0.106. The summed E-state index contributed by atoms with van der Waals surface area (Å²) in [6.45, 7) is 0.573. The van der Waals surface area contributed by atoms with Crippen LogP contribution in [0.25, 0.3) is 0 Å². The Morgan fingerprint density at radius 3 is 2.54 bits per heavy atom. The fourth-order valence-corrected chi connectivity index (χ4v) is 2.17. The maximum Gasteiger partial charge on any atom is 0.227 e. The van der Waals surface area contributed by atoms with Crippen molar-refractivity contribution >= 4 is 10.0 Å². The molecule has 0 amide bonds. The monoisotopic (exact) mass is 202 g/mol. The normalized spacial score (nSPS) is 18.2. The van der Waals surface area contributed by atoms with Crippen LogP contribution in [0.1, 0.15) is 19.3 Å². The van der Waals surface area contributed by atoms with Crippen LogP contribution in [0, 0.1) is 17.2 Å². The minimum Gasteiger partial charge on any atom is -0.211 e. The molecule has 13 heavy (non-hydrogen) atoms. The van der Waals surface area contributed by atoms with E-state index in [2.05, 4.69) is 0 Å². The van der Waals surface area contributed by atoms with Gasteiger partial charge in [-0.25, -0.2) is 12.7 Å². The molecular weight excluding hydrogens is 188 g/mol. The van der Waals surface area contributed by atoms with E-state index in [1.54, 1.807) is 13.1 Å². The molecule has 1 saturated carbocycles. The first-order valence-corrected chi connectivity index (χ1v) is 5.98. The Bertz CT molecular complexity index is 301. The van der Waals surface area contributed by atoms with E-state index in [-0.39, 0.29) is 0 Å². The van der Waals surface area contributed by atoms with Gasteiger partial charge in [0.15, 0.2) is 5.75 Å². The maximum atomic E-state index is 11.3. The van der Waals surface area contributed by atoms with Gasteiger partial charge in [-0.3, -0.25) is 0 Å². The van der Waals surface area contributed by atoms with Crippen LogP contribution in [0.2, 0.25) is 0 Å². The predicted octanol–water partition coefficient (Wildman–Crippen LogP) is 0.572. The summed E-state index contributed by atoms with van der Waals surface area (Å²) in [6, 6.07) is 1.67. The lowest BCUT2D eigenvalue weighted by atomic mass is 9.86. The van der Waals surface area contributed by atoms with Crippen molar-refractivity contribution in [2.45, 2.75) is 19.3 Å². The van der Waals surface area contributed by atoms with Crippen LogP contribution in [0.5, 0.6) is 0 Å². The second-order valence-electron chi connectivity index (χ2n) is 3.49.